The third-order valence-corrected chi connectivity index (χ3v) is 3.24. The van der Waals surface area contributed by atoms with Crippen LogP contribution in [0, 0.1) is 0 Å². The van der Waals surface area contributed by atoms with Crippen LogP contribution in [0.4, 0.5) is 0 Å². The van der Waals surface area contributed by atoms with Crippen LogP contribution in [0.25, 0.3) is 11.1 Å². The van der Waals surface area contributed by atoms with Crippen molar-refractivity contribution in [2.45, 2.75) is 26.3 Å². The Morgan fingerprint density at radius 2 is 2.00 bits per heavy atom. The monoisotopic (exact) mass is 274 g/mol. The van der Waals surface area contributed by atoms with Crippen molar-refractivity contribution >= 4 is 5.91 Å². The Morgan fingerprint density at radius 3 is 2.60 bits per heavy atom. The van der Waals surface area contributed by atoms with Gasteiger partial charge in [-0.3, -0.25) is 4.79 Å². The normalized spacial score (nSPS) is 12.2. The van der Waals surface area contributed by atoms with Crippen LogP contribution in [0.5, 0.6) is 0 Å². The molecule has 0 radical (unpaired) electrons. The van der Waals surface area contributed by atoms with E-state index in [4.69, 9.17) is 4.52 Å². The standard InChI is InChI=1S/C15H18N2O3/c1-4-10(2)16-14(18)13-12(15(19)20-17(13)3)11-8-6-5-7-9-11/h5-10H,4H2,1-3H3,(H,16,18). The van der Waals surface area contributed by atoms with E-state index < -0.39 is 5.63 Å². The number of carbonyl (C=O) groups excluding carboxylic acids is 1. The molecule has 0 aliphatic heterocycles. The molecule has 0 fully saturated rings. The summed E-state index contributed by atoms with van der Waals surface area (Å²) in [4.78, 5) is 24.3. The highest BCUT2D eigenvalue weighted by molar-refractivity contribution is 5.99. The zero-order valence-corrected chi connectivity index (χ0v) is 11.8. The molecule has 1 atom stereocenters. The SMILES string of the molecule is CCC(C)NC(=O)c1c(-c2ccccc2)c(=O)on1C. The van der Waals surface area contributed by atoms with Crippen molar-refractivity contribution in [1.82, 2.24) is 10.1 Å². The second-order valence-corrected chi connectivity index (χ2v) is 4.75. The maximum atomic E-state index is 12.3. The van der Waals surface area contributed by atoms with Crippen LogP contribution in [0.3, 0.4) is 0 Å². The van der Waals surface area contributed by atoms with Gasteiger partial charge in [-0.15, -0.1) is 0 Å². The molecule has 0 spiro atoms. The van der Waals surface area contributed by atoms with Crippen molar-refractivity contribution in [2.24, 2.45) is 7.05 Å². The fourth-order valence-corrected chi connectivity index (χ4v) is 1.98. The molecule has 1 heterocycles. The van der Waals surface area contributed by atoms with Gasteiger partial charge in [-0.05, 0) is 18.9 Å². The van der Waals surface area contributed by atoms with Crippen molar-refractivity contribution in [1.29, 1.82) is 0 Å². The molecule has 2 rings (SSSR count). The molecule has 106 valence electrons. The van der Waals surface area contributed by atoms with Gasteiger partial charge >= 0.3 is 5.63 Å². The molecular formula is C15H18N2O3. The van der Waals surface area contributed by atoms with E-state index in [0.717, 1.165) is 6.42 Å². The number of aromatic nitrogens is 1. The van der Waals surface area contributed by atoms with Crippen LogP contribution in [0.1, 0.15) is 30.8 Å². The Labute approximate surface area is 117 Å². The minimum atomic E-state index is -0.506. The first-order valence-corrected chi connectivity index (χ1v) is 6.61. The molecule has 0 aliphatic carbocycles. The van der Waals surface area contributed by atoms with E-state index in [9.17, 15) is 9.59 Å². The summed E-state index contributed by atoms with van der Waals surface area (Å²) in [5, 5.41) is 2.85. The molecule has 1 aromatic heterocycles. The molecule has 5 nitrogen and oxygen atoms in total. The fraction of sp³-hybridized carbons (Fsp3) is 0.333. The third kappa shape index (κ3) is 2.66. The topological polar surface area (TPSA) is 64.2 Å². The van der Waals surface area contributed by atoms with E-state index in [0.29, 0.717) is 11.1 Å². The second-order valence-electron chi connectivity index (χ2n) is 4.75. The average Bonchev–Trinajstić information content (AvgIpc) is 2.74. The first-order chi connectivity index (χ1) is 9.54. The van der Waals surface area contributed by atoms with Gasteiger partial charge in [0.15, 0.2) is 5.69 Å². The molecule has 2 aromatic rings. The highest BCUT2D eigenvalue weighted by Crippen LogP contribution is 2.20. The number of hydrogen-bond acceptors (Lipinski definition) is 3. The number of nitrogens with zero attached hydrogens (tertiary/aromatic N) is 1. The van der Waals surface area contributed by atoms with Gasteiger partial charge in [-0.1, -0.05) is 37.3 Å². The summed E-state index contributed by atoms with van der Waals surface area (Å²) in [7, 11) is 1.55. The first kappa shape index (κ1) is 14.1. The van der Waals surface area contributed by atoms with Crippen molar-refractivity contribution in [3.8, 4) is 11.1 Å². The van der Waals surface area contributed by atoms with Crippen LogP contribution in [-0.4, -0.2) is 16.7 Å². The Balaban J connectivity index is 2.49. The molecule has 0 bridgehead atoms. The van der Waals surface area contributed by atoms with Gasteiger partial charge in [-0.2, -0.15) is 0 Å². The van der Waals surface area contributed by atoms with Gasteiger partial charge in [0.2, 0.25) is 0 Å². The molecule has 1 unspecified atom stereocenters. The minimum absolute atomic E-state index is 0.0381. The number of rotatable bonds is 4. The lowest BCUT2D eigenvalue weighted by atomic mass is 10.1. The van der Waals surface area contributed by atoms with E-state index in [1.807, 2.05) is 32.0 Å². The van der Waals surface area contributed by atoms with Crippen molar-refractivity contribution in [3.05, 3.63) is 46.4 Å². The summed E-state index contributed by atoms with van der Waals surface area (Å²) >= 11 is 0. The van der Waals surface area contributed by atoms with Gasteiger partial charge in [0.05, 0.1) is 0 Å². The van der Waals surface area contributed by atoms with Crippen molar-refractivity contribution in [2.75, 3.05) is 0 Å². The highest BCUT2D eigenvalue weighted by Gasteiger charge is 2.23. The van der Waals surface area contributed by atoms with Gasteiger partial charge in [0.1, 0.15) is 5.56 Å². The molecule has 1 N–H and O–H groups in total. The molecule has 0 saturated heterocycles. The lowest BCUT2D eigenvalue weighted by Gasteiger charge is -2.11. The lowest BCUT2D eigenvalue weighted by Crippen LogP contribution is -2.33. The maximum absolute atomic E-state index is 12.3. The molecule has 5 heteroatoms. The van der Waals surface area contributed by atoms with Crippen molar-refractivity contribution < 1.29 is 9.32 Å². The maximum Gasteiger partial charge on any atom is 0.366 e. The lowest BCUT2D eigenvalue weighted by molar-refractivity contribution is 0.0919. The Hall–Kier alpha value is -2.30. The summed E-state index contributed by atoms with van der Waals surface area (Å²) in [6.45, 7) is 3.90. The van der Waals surface area contributed by atoms with Gasteiger partial charge in [-0.25, -0.2) is 9.53 Å². The predicted molar refractivity (Wildman–Crippen MR) is 76.6 cm³/mol. The largest absolute Gasteiger partial charge is 0.366 e. The Bertz CT molecular complexity index is 656. The van der Waals surface area contributed by atoms with Gasteiger partial charge in [0, 0.05) is 13.1 Å². The second kappa shape index (κ2) is 5.77. The Morgan fingerprint density at radius 1 is 1.35 bits per heavy atom. The number of nitrogens with one attached hydrogen (secondary N) is 1. The molecule has 1 aromatic carbocycles. The van der Waals surface area contributed by atoms with Crippen LogP contribution >= 0.6 is 0 Å². The fourth-order valence-electron chi connectivity index (χ4n) is 1.98. The van der Waals surface area contributed by atoms with Gasteiger partial charge in [0.25, 0.3) is 5.91 Å². The van der Waals surface area contributed by atoms with E-state index in [2.05, 4.69) is 5.32 Å². The third-order valence-electron chi connectivity index (χ3n) is 3.24. The molecule has 0 aliphatic rings. The smallest absolute Gasteiger partial charge is 0.348 e. The number of amides is 1. The number of carbonyl (C=O) groups is 1. The predicted octanol–water partition coefficient (Wildman–Crippen LogP) is 2.17. The molecular weight excluding hydrogens is 256 g/mol. The van der Waals surface area contributed by atoms with Crippen LogP contribution in [0.15, 0.2) is 39.6 Å². The summed E-state index contributed by atoms with van der Waals surface area (Å²) < 4.78 is 6.26. The molecule has 20 heavy (non-hydrogen) atoms. The van der Waals surface area contributed by atoms with E-state index in [-0.39, 0.29) is 17.6 Å². The quantitative estimate of drug-likeness (QED) is 0.929. The first-order valence-electron chi connectivity index (χ1n) is 6.61. The van der Waals surface area contributed by atoms with Crippen LogP contribution in [-0.2, 0) is 7.05 Å². The molecule has 1 amide bonds. The zero-order chi connectivity index (χ0) is 14.7. The summed E-state index contributed by atoms with van der Waals surface area (Å²) in [6, 6.07) is 9.10. The van der Waals surface area contributed by atoms with E-state index >= 15 is 0 Å². The summed E-state index contributed by atoms with van der Waals surface area (Å²) in [5.74, 6) is -0.299. The number of aryl methyl sites for hydroxylation is 1. The van der Waals surface area contributed by atoms with Gasteiger partial charge < -0.3 is 9.84 Å². The molecule has 0 saturated carbocycles. The van der Waals surface area contributed by atoms with Crippen LogP contribution < -0.4 is 10.9 Å². The number of hydrogen-bond donors (Lipinski definition) is 1. The Kier molecular flexibility index (Phi) is 4.08. The summed E-state index contributed by atoms with van der Waals surface area (Å²) in [6.07, 6.45) is 0.818. The zero-order valence-electron chi connectivity index (χ0n) is 11.8. The van der Waals surface area contributed by atoms with Crippen LogP contribution in [0.2, 0.25) is 0 Å². The average molecular weight is 274 g/mol. The highest BCUT2D eigenvalue weighted by atomic mass is 16.5. The van der Waals surface area contributed by atoms with E-state index in [1.165, 1.54) is 4.74 Å². The summed E-state index contributed by atoms with van der Waals surface area (Å²) in [5.41, 5.74) is 0.722. The minimum Gasteiger partial charge on any atom is -0.348 e. The van der Waals surface area contributed by atoms with Crippen molar-refractivity contribution in [3.63, 3.8) is 0 Å². The van der Waals surface area contributed by atoms with E-state index in [1.54, 1.807) is 19.2 Å². The number of benzene rings is 1.